The van der Waals surface area contributed by atoms with E-state index in [1.165, 1.54) is 7.11 Å². The third-order valence-corrected chi connectivity index (χ3v) is 8.14. The van der Waals surface area contributed by atoms with Gasteiger partial charge in [0.2, 0.25) is 5.91 Å². The second-order valence-corrected chi connectivity index (χ2v) is 12.5. The van der Waals surface area contributed by atoms with E-state index in [-0.39, 0.29) is 18.9 Å². The Labute approximate surface area is 262 Å². The van der Waals surface area contributed by atoms with Gasteiger partial charge in [0.1, 0.15) is 23.8 Å². The van der Waals surface area contributed by atoms with Gasteiger partial charge in [0.15, 0.2) is 0 Å². The monoisotopic (exact) mass is 613 g/mol. The smallest absolute Gasteiger partial charge is 0.411 e. The Kier molecular flexibility index (Phi) is 9.13. The SMILES string of the molecule is COC(=O)C1(NC(=O)[C@H](Cc2ccc(NC(=O)OCC3c4ccccc4-c4ccccc43)cc2)NC(=O)OC(C)(C)C)CCC1. The van der Waals surface area contributed by atoms with Gasteiger partial charge >= 0.3 is 18.2 Å². The number of amides is 3. The molecular formula is C35H39N3O7. The fourth-order valence-electron chi connectivity index (χ4n) is 5.80. The van der Waals surface area contributed by atoms with Crippen molar-refractivity contribution < 1.29 is 33.4 Å². The van der Waals surface area contributed by atoms with Crippen molar-refractivity contribution in [2.24, 2.45) is 0 Å². The molecule has 0 heterocycles. The van der Waals surface area contributed by atoms with Crippen LogP contribution in [0.15, 0.2) is 72.8 Å². The number of carbonyl (C=O) groups is 4. The van der Waals surface area contributed by atoms with Gasteiger partial charge in [0, 0.05) is 18.0 Å². The van der Waals surface area contributed by atoms with Gasteiger partial charge in [0.25, 0.3) is 0 Å². The molecule has 10 nitrogen and oxygen atoms in total. The van der Waals surface area contributed by atoms with Gasteiger partial charge < -0.3 is 24.8 Å². The number of esters is 1. The van der Waals surface area contributed by atoms with Crippen molar-refractivity contribution >= 4 is 29.8 Å². The Morgan fingerprint density at radius 3 is 2.00 bits per heavy atom. The van der Waals surface area contributed by atoms with Crippen LogP contribution in [0.3, 0.4) is 0 Å². The molecule has 236 valence electrons. The van der Waals surface area contributed by atoms with E-state index in [0.29, 0.717) is 24.1 Å². The molecule has 3 aromatic rings. The van der Waals surface area contributed by atoms with Crippen LogP contribution in [0.2, 0.25) is 0 Å². The highest BCUT2D eigenvalue weighted by atomic mass is 16.6. The molecule has 2 aliphatic carbocycles. The minimum Gasteiger partial charge on any atom is -0.467 e. The van der Waals surface area contributed by atoms with Crippen molar-refractivity contribution in [1.82, 2.24) is 10.6 Å². The molecule has 3 amide bonds. The van der Waals surface area contributed by atoms with Crippen LogP contribution in [-0.4, -0.2) is 55.0 Å². The standard InChI is InChI=1S/C35H39N3O7/c1-34(2,3)45-33(42)37-29(30(39)38-35(18-9-19-35)31(40)43-4)20-22-14-16-23(17-15-22)36-32(41)44-21-28-26-12-7-5-10-24(26)25-11-6-8-13-27(25)28/h5-8,10-17,28-29H,9,18-21H2,1-4H3,(H,36,41)(H,37,42)(H,38,39)/t29-/m0/s1. The Morgan fingerprint density at radius 1 is 0.867 bits per heavy atom. The number of hydrogen-bond acceptors (Lipinski definition) is 7. The molecule has 1 atom stereocenters. The maximum absolute atomic E-state index is 13.4. The lowest BCUT2D eigenvalue weighted by Gasteiger charge is -2.40. The minimum atomic E-state index is -1.10. The average molecular weight is 614 g/mol. The first-order valence-electron chi connectivity index (χ1n) is 15.1. The molecule has 0 radical (unpaired) electrons. The summed E-state index contributed by atoms with van der Waals surface area (Å²) < 4.78 is 15.9. The van der Waals surface area contributed by atoms with E-state index in [1.54, 1.807) is 45.0 Å². The fourth-order valence-corrected chi connectivity index (χ4v) is 5.80. The van der Waals surface area contributed by atoms with Gasteiger partial charge in [-0.25, -0.2) is 14.4 Å². The molecule has 3 N–H and O–H groups in total. The van der Waals surface area contributed by atoms with E-state index in [2.05, 4.69) is 40.2 Å². The number of benzene rings is 3. The van der Waals surface area contributed by atoms with Crippen molar-refractivity contribution in [1.29, 1.82) is 0 Å². The Bertz CT molecular complexity index is 1530. The number of anilines is 1. The van der Waals surface area contributed by atoms with Crippen LogP contribution < -0.4 is 16.0 Å². The van der Waals surface area contributed by atoms with Gasteiger partial charge in [-0.1, -0.05) is 60.7 Å². The number of nitrogens with one attached hydrogen (secondary N) is 3. The van der Waals surface area contributed by atoms with Crippen LogP contribution in [-0.2, 0) is 30.2 Å². The summed E-state index contributed by atoms with van der Waals surface area (Å²) in [6.07, 6.45) is 0.478. The van der Waals surface area contributed by atoms with Crippen LogP contribution in [0.4, 0.5) is 15.3 Å². The number of methoxy groups -OCH3 is 1. The van der Waals surface area contributed by atoms with Crippen LogP contribution in [0.25, 0.3) is 11.1 Å². The number of alkyl carbamates (subject to hydrolysis) is 1. The third-order valence-electron chi connectivity index (χ3n) is 8.14. The van der Waals surface area contributed by atoms with Crippen LogP contribution >= 0.6 is 0 Å². The molecular weight excluding hydrogens is 574 g/mol. The highest BCUT2D eigenvalue weighted by Crippen LogP contribution is 2.44. The molecule has 3 aromatic carbocycles. The molecule has 0 aliphatic heterocycles. The first kappa shape index (κ1) is 31.6. The number of hydrogen-bond donors (Lipinski definition) is 3. The van der Waals surface area contributed by atoms with Crippen molar-refractivity contribution in [3.63, 3.8) is 0 Å². The second kappa shape index (κ2) is 13.0. The molecule has 5 rings (SSSR count). The summed E-state index contributed by atoms with van der Waals surface area (Å²) in [5.41, 5.74) is 3.92. The van der Waals surface area contributed by atoms with E-state index in [9.17, 15) is 19.2 Å². The summed E-state index contributed by atoms with van der Waals surface area (Å²) in [6, 6.07) is 22.1. The Morgan fingerprint density at radius 2 is 1.47 bits per heavy atom. The summed E-state index contributed by atoms with van der Waals surface area (Å²) >= 11 is 0. The zero-order chi connectivity index (χ0) is 32.2. The number of ether oxygens (including phenoxy) is 3. The molecule has 0 saturated heterocycles. The molecule has 0 aromatic heterocycles. The Balaban J connectivity index is 1.21. The van der Waals surface area contributed by atoms with E-state index in [1.807, 2.05) is 24.3 Å². The van der Waals surface area contributed by atoms with E-state index in [0.717, 1.165) is 28.7 Å². The van der Waals surface area contributed by atoms with Crippen molar-refractivity contribution in [3.8, 4) is 11.1 Å². The van der Waals surface area contributed by atoms with Crippen LogP contribution in [0, 0.1) is 0 Å². The second-order valence-electron chi connectivity index (χ2n) is 12.5. The number of fused-ring (bicyclic) bond motifs is 3. The predicted octanol–water partition coefficient (Wildman–Crippen LogP) is 5.70. The maximum Gasteiger partial charge on any atom is 0.411 e. The summed E-state index contributed by atoms with van der Waals surface area (Å²) in [7, 11) is 1.28. The number of rotatable bonds is 9. The number of carbonyl (C=O) groups excluding carboxylic acids is 4. The lowest BCUT2D eigenvalue weighted by Crippen LogP contribution is -2.63. The summed E-state index contributed by atoms with van der Waals surface area (Å²) in [5.74, 6) is -1.09. The van der Waals surface area contributed by atoms with Crippen LogP contribution in [0.5, 0.6) is 0 Å². The molecule has 10 heteroatoms. The first-order chi connectivity index (χ1) is 21.5. The van der Waals surface area contributed by atoms with Gasteiger partial charge in [-0.05, 0) is 80.0 Å². The lowest BCUT2D eigenvalue weighted by molar-refractivity contribution is -0.155. The Hall–Kier alpha value is -4.86. The molecule has 45 heavy (non-hydrogen) atoms. The highest BCUT2D eigenvalue weighted by Gasteiger charge is 2.47. The van der Waals surface area contributed by atoms with Gasteiger partial charge in [-0.15, -0.1) is 0 Å². The van der Waals surface area contributed by atoms with Gasteiger partial charge in [-0.2, -0.15) is 0 Å². The maximum atomic E-state index is 13.4. The molecule has 0 unspecified atom stereocenters. The molecule has 2 aliphatic rings. The summed E-state index contributed by atoms with van der Waals surface area (Å²) in [5, 5.41) is 8.20. The van der Waals surface area contributed by atoms with Crippen LogP contribution in [0.1, 0.15) is 62.6 Å². The molecule has 1 fully saturated rings. The highest BCUT2D eigenvalue weighted by molar-refractivity contribution is 5.93. The fraction of sp³-hybridized carbons (Fsp3) is 0.371. The summed E-state index contributed by atoms with van der Waals surface area (Å²) in [6.45, 7) is 5.37. The third kappa shape index (κ3) is 7.28. The lowest BCUT2D eigenvalue weighted by atomic mass is 9.76. The van der Waals surface area contributed by atoms with Crippen molar-refractivity contribution in [3.05, 3.63) is 89.5 Å². The normalized spacial score (nSPS) is 15.4. The predicted molar refractivity (Wildman–Crippen MR) is 169 cm³/mol. The molecule has 0 spiro atoms. The van der Waals surface area contributed by atoms with Gasteiger partial charge in [-0.3, -0.25) is 10.1 Å². The first-order valence-corrected chi connectivity index (χ1v) is 15.1. The average Bonchev–Trinajstić information content (AvgIpc) is 3.30. The van der Waals surface area contributed by atoms with E-state index < -0.39 is 41.2 Å². The largest absolute Gasteiger partial charge is 0.467 e. The van der Waals surface area contributed by atoms with E-state index in [4.69, 9.17) is 14.2 Å². The zero-order valence-electron chi connectivity index (χ0n) is 26.0. The quantitative estimate of drug-likeness (QED) is 0.209. The van der Waals surface area contributed by atoms with Gasteiger partial charge in [0.05, 0.1) is 7.11 Å². The zero-order valence-corrected chi connectivity index (χ0v) is 26.0. The topological polar surface area (TPSA) is 132 Å². The summed E-state index contributed by atoms with van der Waals surface area (Å²) in [4.78, 5) is 51.1. The van der Waals surface area contributed by atoms with Crippen molar-refractivity contribution in [2.45, 2.75) is 69.6 Å². The molecule has 0 bridgehead atoms. The minimum absolute atomic E-state index is 0.0515. The molecule has 1 saturated carbocycles. The van der Waals surface area contributed by atoms with E-state index >= 15 is 0 Å². The van der Waals surface area contributed by atoms with Crippen molar-refractivity contribution in [2.75, 3.05) is 19.0 Å².